The Morgan fingerprint density at radius 3 is 2.53 bits per heavy atom. The zero-order valence-electron chi connectivity index (χ0n) is 18.5. The lowest BCUT2D eigenvalue weighted by Crippen LogP contribution is -2.14. The molecule has 0 spiro atoms. The number of hydrogen-bond acceptors (Lipinski definition) is 6. The van der Waals surface area contributed by atoms with E-state index in [1.54, 1.807) is 13.2 Å². The molecule has 0 amide bonds. The van der Waals surface area contributed by atoms with Gasteiger partial charge in [0, 0.05) is 43.3 Å². The van der Waals surface area contributed by atoms with Crippen molar-refractivity contribution in [3.05, 3.63) is 52.9 Å². The number of ether oxygens (including phenoxy) is 4. The van der Waals surface area contributed by atoms with Crippen molar-refractivity contribution >= 4 is 17.8 Å². The van der Waals surface area contributed by atoms with Crippen molar-refractivity contribution in [2.75, 3.05) is 27.4 Å². The molecule has 174 valence electrons. The third kappa shape index (κ3) is 6.91. The fourth-order valence-corrected chi connectivity index (χ4v) is 3.20. The van der Waals surface area contributed by atoms with Gasteiger partial charge in [-0.15, -0.1) is 0 Å². The summed E-state index contributed by atoms with van der Waals surface area (Å²) in [6.45, 7) is 1.74. The second kappa shape index (κ2) is 12.0. The first kappa shape index (κ1) is 25.1. The minimum absolute atomic E-state index is 0.0943. The molecule has 2 rings (SSSR count). The SMILES string of the molecule is COCCCn1c(C)cc(C(=O)COC(=O)C=Cc2ccc(OC(F)F)c(OC)c2)c1C. The Bertz CT molecular complexity index is 968. The summed E-state index contributed by atoms with van der Waals surface area (Å²) in [5, 5.41) is 0. The van der Waals surface area contributed by atoms with Crippen LogP contribution >= 0.6 is 0 Å². The highest BCUT2D eigenvalue weighted by atomic mass is 19.3. The van der Waals surface area contributed by atoms with Gasteiger partial charge in [0.2, 0.25) is 5.78 Å². The van der Waals surface area contributed by atoms with Gasteiger partial charge in [-0.05, 0) is 50.1 Å². The second-order valence-electron chi connectivity index (χ2n) is 6.94. The van der Waals surface area contributed by atoms with Crippen LogP contribution in [-0.4, -0.2) is 50.4 Å². The maximum absolute atomic E-state index is 12.5. The number of benzene rings is 1. The van der Waals surface area contributed by atoms with Crippen molar-refractivity contribution < 1.29 is 37.3 Å². The average molecular weight is 451 g/mol. The lowest BCUT2D eigenvalue weighted by atomic mass is 10.1. The molecule has 0 saturated carbocycles. The Hall–Kier alpha value is -3.20. The summed E-state index contributed by atoms with van der Waals surface area (Å²) in [5.41, 5.74) is 2.78. The minimum atomic E-state index is -2.98. The molecule has 2 aromatic rings. The average Bonchev–Trinajstić information content (AvgIpc) is 3.04. The van der Waals surface area contributed by atoms with Crippen LogP contribution in [0, 0.1) is 13.8 Å². The van der Waals surface area contributed by atoms with Crippen molar-refractivity contribution in [2.24, 2.45) is 0 Å². The Morgan fingerprint density at radius 1 is 1.12 bits per heavy atom. The molecule has 0 aliphatic heterocycles. The standard InChI is InChI=1S/C23H27F2NO6/c1-15-12-18(16(2)26(15)10-5-11-29-3)19(27)14-31-22(28)9-7-17-6-8-20(32-23(24)25)21(13-17)30-4/h6-9,12-13,23H,5,10-11,14H2,1-4H3. The van der Waals surface area contributed by atoms with Crippen LogP contribution in [0.3, 0.4) is 0 Å². The summed E-state index contributed by atoms with van der Waals surface area (Å²) in [6, 6.07) is 6.00. The van der Waals surface area contributed by atoms with Crippen LogP contribution < -0.4 is 9.47 Å². The minimum Gasteiger partial charge on any atom is -0.493 e. The molecule has 0 atom stereocenters. The van der Waals surface area contributed by atoms with Gasteiger partial charge in [-0.25, -0.2) is 4.79 Å². The summed E-state index contributed by atoms with van der Waals surface area (Å²) in [7, 11) is 2.95. The van der Waals surface area contributed by atoms with Gasteiger partial charge in [0.05, 0.1) is 7.11 Å². The van der Waals surface area contributed by atoms with Crippen LogP contribution in [0.25, 0.3) is 6.08 Å². The Balaban J connectivity index is 1.96. The quantitative estimate of drug-likeness (QED) is 0.208. The van der Waals surface area contributed by atoms with Crippen LogP contribution in [0.4, 0.5) is 8.78 Å². The van der Waals surface area contributed by atoms with Crippen LogP contribution in [0.15, 0.2) is 30.3 Å². The molecule has 32 heavy (non-hydrogen) atoms. The summed E-state index contributed by atoms with van der Waals surface area (Å²) in [4.78, 5) is 24.5. The zero-order valence-corrected chi connectivity index (χ0v) is 18.5. The van der Waals surface area contributed by atoms with E-state index in [1.807, 2.05) is 18.4 Å². The van der Waals surface area contributed by atoms with Gasteiger partial charge in [-0.2, -0.15) is 8.78 Å². The molecule has 0 saturated heterocycles. The molecule has 0 bridgehead atoms. The summed E-state index contributed by atoms with van der Waals surface area (Å²) >= 11 is 0. The van der Waals surface area contributed by atoms with E-state index < -0.39 is 19.2 Å². The third-order valence-electron chi connectivity index (χ3n) is 4.77. The predicted octanol–water partition coefficient (Wildman–Crippen LogP) is 4.19. The number of nitrogens with zero attached hydrogens (tertiary/aromatic N) is 1. The lowest BCUT2D eigenvalue weighted by molar-refractivity contribution is -0.136. The van der Waals surface area contributed by atoms with E-state index in [0.29, 0.717) is 17.7 Å². The largest absolute Gasteiger partial charge is 0.493 e. The number of aryl methyl sites for hydroxylation is 1. The molecule has 7 nitrogen and oxygen atoms in total. The van der Waals surface area contributed by atoms with Gasteiger partial charge in [-0.3, -0.25) is 4.79 Å². The molecule has 1 heterocycles. The predicted molar refractivity (Wildman–Crippen MR) is 114 cm³/mol. The number of methoxy groups -OCH3 is 2. The third-order valence-corrected chi connectivity index (χ3v) is 4.77. The number of ketones is 1. The number of alkyl halides is 2. The topological polar surface area (TPSA) is 76.0 Å². The number of rotatable bonds is 12. The van der Waals surface area contributed by atoms with Crippen molar-refractivity contribution in [1.29, 1.82) is 0 Å². The van der Waals surface area contributed by atoms with Gasteiger partial charge in [0.1, 0.15) is 0 Å². The summed E-state index contributed by atoms with van der Waals surface area (Å²) in [5.74, 6) is -1.03. The van der Waals surface area contributed by atoms with Crippen molar-refractivity contribution in [2.45, 2.75) is 33.4 Å². The van der Waals surface area contributed by atoms with Crippen LogP contribution in [0.2, 0.25) is 0 Å². The van der Waals surface area contributed by atoms with E-state index in [1.165, 1.54) is 31.4 Å². The van der Waals surface area contributed by atoms with E-state index in [-0.39, 0.29) is 17.3 Å². The maximum atomic E-state index is 12.5. The summed E-state index contributed by atoms with van der Waals surface area (Å²) < 4.78 is 46.3. The molecule has 0 radical (unpaired) electrons. The van der Waals surface area contributed by atoms with Gasteiger partial charge in [0.25, 0.3) is 0 Å². The molecular weight excluding hydrogens is 424 g/mol. The number of carbonyl (C=O) groups excluding carboxylic acids is 2. The molecule has 0 aliphatic carbocycles. The summed E-state index contributed by atoms with van der Waals surface area (Å²) in [6.07, 6.45) is 3.38. The molecule has 0 unspecified atom stereocenters. The molecule has 0 fully saturated rings. The van der Waals surface area contributed by atoms with Crippen LogP contribution in [-0.2, 0) is 20.8 Å². The number of carbonyl (C=O) groups is 2. The Morgan fingerprint density at radius 2 is 1.88 bits per heavy atom. The number of halogens is 2. The highest BCUT2D eigenvalue weighted by molar-refractivity contribution is 6.00. The van der Waals surface area contributed by atoms with E-state index in [0.717, 1.165) is 30.4 Å². The van der Waals surface area contributed by atoms with Gasteiger partial charge >= 0.3 is 12.6 Å². The number of aromatic nitrogens is 1. The molecule has 0 aliphatic rings. The highest BCUT2D eigenvalue weighted by Gasteiger charge is 2.17. The first-order valence-electron chi connectivity index (χ1n) is 9.93. The van der Waals surface area contributed by atoms with Crippen molar-refractivity contribution in [3.8, 4) is 11.5 Å². The monoisotopic (exact) mass is 451 g/mol. The number of hydrogen-bond donors (Lipinski definition) is 0. The van der Waals surface area contributed by atoms with E-state index in [2.05, 4.69) is 4.74 Å². The highest BCUT2D eigenvalue weighted by Crippen LogP contribution is 2.29. The van der Waals surface area contributed by atoms with Gasteiger partial charge in [-0.1, -0.05) is 6.07 Å². The molecule has 9 heteroatoms. The maximum Gasteiger partial charge on any atom is 0.387 e. The fraction of sp³-hybridized carbons (Fsp3) is 0.391. The van der Waals surface area contributed by atoms with Crippen molar-refractivity contribution in [1.82, 2.24) is 4.57 Å². The van der Waals surface area contributed by atoms with E-state index in [4.69, 9.17) is 14.2 Å². The molecule has 1 aromatic carbocycles. The Labute approximate surface area is 185 Å². The first-order valence-corrected chi connectivity index (χ1v) is 9.93. The van der Waals surface area contributed by atoms with Crippen molar-refractivity contribution in [3.63, 3.8) is 0 Å². The van der Waals surface area contributed by atoms with E-state index >= 15 is 0 Å². The molecule has 1 aromatic heterocycles. The smallest absolute Gasteiger partial charge is 0.387 e. The zero-order chi connectivity index (χ0) is 23.7. The normalized spacial score (nSPS) is 11.2. The molecule has 0 N–H and O–H groups in total. The van der Waals surface area contributed by atoms with Gasteiger partial charge < -0.3 is 23.5 Å². The fourth-order valence-electron chi connectivity index (χ4n) is 3.20. The Kier molecular flexibility index (Phi) is 9.39. The van der Waals surface area contributed by atoms with E-state index in [9.17, 15) is 18.4 Å². The number of esters is 1. The second-order valence-corrected chi connectivity index (χ2v) is 6.94. The van der Waals surface area contributed by atoms with Crippen LogP contribution in [0.1, 0.15) is 33.7 Å². The van der Waals surface area contributed by atoms with Crippen LogP contribution in [0.5, 0.6) is 11.5 Å². The first-order chi connectivity index (χ1) is 15.3. The van der Waals surface area contributed by atoms with Gasteiger partial charge in [0.15, 0.2) is 18.1 Å². The lowest BCUT2D eigenvalue weighted by Gasteiger charge is -2.10. The molecular formula is C23H27F2NO6. The number of Topliss-reactive ketones (excluding diaryl/α,β-unsaturated/α-hetero) is 1.